The minimum absolute atomic E-state index is 0.189. The van der Waals surface area contributed by atoms with Gasteiger partial charge in [-0.3, -0.25) is 0 Å². The third kappa shape index (κ3) is 2.32. The van der Waals surface area contributed by atoms with Crippen molar-refractivity contribution in [3.63, 3.8) is 0 Å². The summed E-state index contributed by atoms with van der Waals surface area (Å²) in [6, 6.07) is 8.21. The number of nitrogens with one attached hydrogen (secondary N) is 1. The molecule has 4 rings (SSSR count). The molecule has 3 atom stereocenters. The fourth-order valence-corrected chi connectivity index (χ4v) is 4.38. The summed E-state index contributed by atoms with van der Waals surface area (Å²) in [5.41, 5.74) is 3.10. The first kappa shape index (κ1) is 13.2. The summed E-state index contributed by atoms with van der Waals surface area (Å²) in [7, 11) is 0. The van der Waals surface area contributed by atoms with E-state index in [0.29, 0.717) is 12.0 Å². The molecule has 0 radical (unpaired) electrons. The Morgan fingerprint density at radius 1 is 1.10 bits per heavy atom. The molecule has 3 unspecified atom stereocenters. The van der Waals surface area contributed by atoms with Gasteiger partial charge >= 0.3 is 0 Å². The van der Waals surface area contributed by atoms with Gasteiger partial charge in [0.25, 0.3) is 0 Å². The van der Waals surface area contributed by atoms with Crippen LogP contribution in [0.1, 0.15) is 55.8 Å². The number of nitrogens with zero attached hydrogens (tertiary/aromatic N) is 1. The van der Waals surface area contributed by atoms with Crippen LogP contribution < -0.4 is 5.32 Å². The van der Waals surface area contributed by atoms with Gasteiger partial charge in [-0.1, -0.05) is 12.8 Å². The van der Waals surface area contributed by atoms with Crippen LogP contribution in [-0.4, -0.2) is 12.6 Å². The van der Waals surface area contributed by atoms with Crippen molar-refractivity contribution in [2.24, 2.45) is 11.8 Å². The number of hydrogen-bond acceptors (Lipinski definition) is 3. The maximum Gasteiger partial charge on any atom is 0.0991 e. The lowest BCUT2D eigenvalue weighted by Gasteiger charge is -2.42. The molecule has 110 valence electrons. The van der Waals surface area contributed by atoms with E-state index in [1.807, 2.05) is 18.2 Å². The second kappa shape index (κ2) is 5.35. The van der Waals surface area contributed by atoms with Gasteiger partial charge in [0, 0.05) is 23.7 Å². The lowest BCUT2D eigenvalue weighted by molar-refractivity contribution is -0.107. The molecule has 1 aliphatic carbocycles. The highest BCUT2D eigenvalue weighted by Gasteiger charge is 2.39. The Bertz CT molecular complexity index is 571. The van der Waals surface area contributed by atoms with Crippen molar-refractivity contribution < 1.29 is 4.74 Å². The lowest BCUT2D eigenvalue weighted by atomic mass is 9.81. The van der Waals surface area contributed by atoms with E-state index in [0.717, 1.165) is 23.7 Å². The summed E-state index contributed by atoms with van der Waals surface area (Å²) >= 11 is 0. The van der Waals surface area contributed by atoms with Gasteiger partial charge in [-0.2, -0.15) is 5.26 Å². The third-order valence-corrected chi connectivity index (χ3v) is 5.54. The van der Waals surface area contributed by atoms with E-state index in [1.54, 1.807) is 0 Å². The zero-order valence-electron chi connectivity index (χ0n) is 12.3. The van der Waals surface area contributed by atoms with Gasteiger partial charge in [0.05, 0.1) is 23.8 Å². The minimum Gasteiger partial charge on any atom is -0.384 e. The quantitative estimate of drug-likeness (QED) is 0.846. The number of nitriles is 1. The molecular formula is C18H22N2O. The van der Waals surface area contributed by atoms with E-state index in [2.05, 4.69) is 11.4 Å². The first-order valence-electron chi connectivity index (χ1n) is 8.28. The molecular weight excluding hydrogens is 260 g/mol. The average molecular weight is 282 g/mol. The first-order valence-corrected chi connectivity index (χ1v) is 8.28. The molecule has 1 aromatic carbocycles. The number of anilines is 1. The summed E-state index contributed by atoms with van der Waals surface area (Å²) in [5, 5.41) is 12.7. The Morgan fingerprint density at radius 3 is 2.76 bits per heavy atom. The van der Waals surface area contributed by atoms with Gasteiger partial charge < -0.3 is 10.1 Å². The van der Waals surface area contributed by atoms with Crippen LogP contribution in [0, 0.1) is 23.2 Å². The van der Waals surface area contributed by atoms with E-state index >= 15 is 0 Å². The standard InChI is InChI=1S/C18H22N2O/c19-10-12-5-7-16-15(9-12)18-14(11-20-16)6-8-17(21-18)13-3-1-2-4-13/h5,7,9,13-14,17-18,20H,1-4,6,8,11H2. The molecule has 1 N–H and O–H groups in total. The molecule has 3 aliphatic rings. The lowest BCUT2D eigenvalue weighted by Crippen LogP contribution is -2.39. The molecule has 0 spiro atoms. The summed E-state index contributed by atoms with van der Waals surface area (Å²) < 4.78 is 6.55. The molecule has 2 fully saturated rings. The van der Waals surface area contributed by atoms with Gasteiger partial charge in [0.2, 0.25) is 0 Å². The van der Waals surface area contributed by atoms with E-state index in [-0.39, 0.29) is 6.10 Å². The number of ether oxygens (including phenoxy) is 1. The smallest absolute Gasteiger partial charge is 0.0991 e. The van der Waals surface area contributed by atoms with Crippen LogP contribution in [0.15, 0.2) is 18.2 Å². The summed E-state index contributed by atoms with van der Waals surface area (Å²) in [6.07, 6.45) is 8.50. The Labute approximate surface area is 126 Å². The SMILES string of the molecule is N#Cc1ccc2c(c1)C1OC(C3CCCC3)CCC1CN2. The van der Waals surface area contributed by atoms with Crippen molar-refractivity contribution in [3.05, 3.63) is 29.3 Å². The van der Waals surface area contributed by atoms with Crippen LogP contribution in [0.3, 0.4) is 0 Å². The highest BCUT2D eigenvalue weighted by molar-refractivity contribution is 5.57. The highest BCUT2D eigenvalue weighted by atomic mass is 16.5. The van der Waals surface area contributed by atoms with Crippen LogP contribution in [-0.2, 0) is 4.74 Å². The molecule has 1 aromatic rings. The van der Waals surface area contributed by atoms with Crippen molar-refractivity contribution in [2.75, 3.05) is 11.9 Å². The first-order chi connectivity index (χ1) is 10.3. The van der Waals surface area contributed by atoms with Crippen molar-refractivity contribution in [1.82, 2.24) is 0 Å². The van der Waals surface area contributed by atoms with Crippen molar-refractivity contribution in [1.29, 1.82) is 5.26 Å². The molecule has 3 nitrogen and oxygen atoms in total. The van der Waals surface area contributed by atoms with E-state index in [1.165, 1.54) is 44.1 Å². The molecule has 21 heavy (non-hydrogen) atoms. The average Bonchev–Trinajstić information content (AvgIpc) is 3.08. The minimum atomic E-state index is 0.189. The largest absolute Gasteiger partial charge is 0.384 e. The Morgan fingerprint density at radius 2 is 1.95 bits per heavy atom. The predicted molar refractivity (Wildman–Crippen MR) is 81.9 cm³/mol. The van der Waals surface area contributed by atoms with Crippen LogP contribution in [0.4, 0.5) is 5.69 Å². The summed E-state index contributed by atoms with van der Waals surface area (Å²) in [4.78, 5) is 0. The van der Waals surface area contributed by atoms with Crippen LogP contribution in [0.25, 0.3) is 0 Å². The van der Waals surface area contributed by atoms with Crippen molar-refractivity contribution >= 4 is 5.69 Å². The van der Waals surface area contributed by atoms with Gasteiger partial charge in [-0.05, 0) is 49.8 Å². The summed E-state index contributed by atoms with van der Waals surface area (Å²) in [6.45, 7) is 1.00. The third-order valence-electron chi connectivity index (χ3n) is 5.54. The van der Waals surface area contributed by atoms with E-state index < -0.39 is 0 Å². The molecule has 2 heterocycles. The van der Waals surface area contributed by atoms with Crippen molar-refractivity contribution in [2.45, 2.75) is 50.7 Å². The number of benzene rings is 1. The fraction of sp³-hybridized carbons (Fsp3) is 0.611. The summed E-state index contributed by atoms with van der Waals surface area (Å²) in [5.74, 6) is 1.33. The van der Waals surface area contributed by atoms with Crippen LogP contribution in [0.2, 0.25) is 0 Å². The molecule has 1 saturated carbocycles. The van der Waals surface area contributed by atoms with Crippen molar-refractivity contribution in [3.8, 4) is 6.07 Å². The van der Waals surface area contributed by atoms with E-state index in [9.17, 15) is 0 Å². The molecule has 0 bridgehead atoms. The zero-order valence-corrected chi connectivity index (χ0v) is 12.3. The van der Waals surface area contributed by atoms with Gasteiger partial charge in [0.15, 0.2) is 0 Å². The number of rotatable bonds is 1. The second-order valence-corrected chi connectivity index (χ2v) is 6.77. The van der Waals surface area contributed by atoms with Crippen LogP contribution >= 0.6 is 0 Å². The molecule has 1 saturated heterocycles. The predicted octanol–water partition coefficient (Wildman–Crippen LogP) is 4.01. The zero-order chi connectivity index (χ0) is 14.2. The Balaban J connectivity index is 1.61. The normalized spacial score (nSPS) is 31.9. The van der Waals surface area contributed by atoms with Gasteiger partial charge in [-0.15, -0.1) is 0 Å². The van der Waals surface area contributed by atoms with Gasteiger partial charge in [-0.25, -0.2) is 0 Å². The van der Waals surface area contributed by atoms with Crippen LogP contribution in [0.5, 0.6) is 0 Å². The fourth-order valence-electron chi connectivity index (χ4n) is 4.38. The molecule has 3 heteroatoms. The number of hydrogen-bond donors (Lipinski definition) is 1. The second-order valence-electron chi connectivity index (χ2n) is 6.77. The maximum atomic E-state index is 9.15. The Hall–Kier alpha value is -1.53. The topological polar surface area (TPSA) is 45.0 Å². The number of fused-ring (bicyclic) bond motifs is 3. The molecule has 0 aromatic heterocycles. The van der Waals surface area contributed by atoms with E-state index in [4.69, 9.17) is 10.00 Å². The Kier molecular flexibility index (Phi) is 3.35. The maximum absolute atomic E-state index is 9.15. The molecule has 0 amide bonds. The monoisotopic (exact) mass is 282 g/mol. The highest BCUT2D eigenvalue weighted by Crippen LogP contribution is 2.46. The molecule has 2 aliphatic heterocycles. The van der Waals surface area contributed by atoms with Gasteiger partial charge in [0.1, 0.15) is 0 Å².